The van der Waals surface area contributed by atoms with E-state index < -0.39 is 16.8 Å². The topological polar surface area (TPSA) is 238 Å². The normalized spacial score (nSPS) is 18.7. The Morgan fingerprint density at radius 2 is 0.726 bits per heavy atom. The Morgan fingerprint density at radius 1 is 0.442 bits per heavy atom. The Bertz CT molecular complexity index is 3420. The molecule has 5 aromatic rings. The van der Waals surface area contributed by atoms with Crippen LogP contribution in [0.5, 0.6) is 0 Å². The molecule has 8 aliphatic rings. The highest BCUT2D eigenvalue weighted by atomic mass is 128. The number of amides is 4. The lowest BCUT2D eigenvalue weighted by molar-refractivity contribution is -0.0932. The van der Waals surface area contributed by atoms with Crippen LogP contribution < -0.4 is 0 Å². The quantitative estimate of drug-likeness (QED) is 0.123. The van der Waals surface area contributed by atoms with Gasteiger partial charge < -0.3 is 43.3 Å². The predicted octanol–water partition coefficient (Wildman–Crippen LogP) is 23.7. The Kier molecular flexibility index (Phi) is 46.6. The molecule has 26 heteroatoms. The summed E-state index contributed by atoms with van der Waals surface area (Å²) in [4.78, 5) is 54.9. The molecule has 654 valence electrons. The molecule has 23 nitrogen and oxygen atoms in total. The van der Waals surface area contributed by atoms with Crippen molar-refractivity contribution in [1.82, 2.24) is 69.3 Å². The molecule has 4 spiro atoms. The van der Waals surface area contributed by atoms with E-state index in [2.05, 4.69) is 180 Å². The number of aromatic amines is 2. The second kappa shape index (κ2) is 47.8. The number of methoxy groups -OCH3 is 1. The molecule has 2 N–H and O–H groups in total. The molecule has 5 aromatic heterocycles. The number of aryl methyl sites for hydroxylation is 9. The van der Waals surface area contributed by atoms with Crippen molar-refractivity contribution in [2.75, 3.05) is 66.1 Å². The van der Waals surface area contributed by atoms with Crippen molar-refractivity contribution in [2.24, 2.45) is 27.6 Å². The molecule has 13 rings (SSSR count). The molecular formula is C87H161I3N14O9. The summed E-state index contributed by atoms with van der Waals surface area (Å²) in [6.45, 7) is 72.0. The first kappa shape index (κ1) is 110. The Hall–Kier alpha value is -4.72. The number of carbonyl (C=O) groups excluding carboxylic acids is 4. The number of aromatic nitrogens is 10. The number of hydrogen-bond acceptors (Lipinski definition) is 14. The third-order valence-electron chi connectivity index (χ3n) is 20.3. The number of ether oxygens (including phenoxy) is 5. The minimum absolute atomic E-state index is 0. The second-order valence-corrected chi connectivity index (χ2v) is 36.1. The summed E-state index contributed by atoms with van der Waals surface area (Å²) >= 11 is 4.24. The highest BCUT2D eigenvalue weighted by Crippen LogP contribution is 2.57. The number of nitrogens with one attached hydrogen (secondary N) is 2. The number of nitrogens with zero attached hydrogens (tertiary/aromatic N) is 12. The predicted molar refractivity (Wildman–Crippen MR) is 494 cm³/mol. The Balaban J connectivity index is 0. The summed E-state index contributed by atoms with van der Waals surface area (Å²) in [6.07, 6.45) is 12.5. The summed E-state index contributed by atoms with van der Waals surface area (Å²) in [5.41, 5.74) is 13.8. The van der Waals surface area contributed by atoms with E-state index in [0.29, 0.717) is 39.8 Å². The molecule has 9 heterocycles. The molecule has 0 bridgehead atoms. The molecule has 0 unspecified atom stereocenters. The fourth-order valence-electron chi connectivity index (χ4n) is 15.0. The summed E-state index contributed by atoms with van der Waals surface area (Å²) < 4.78 is 32.6. The maximum atomic E-state index is 12.0. The lowest BCUT2D eigenvalue weighted by atomic mass is 9.58. The van der Waals surface area contributed by atoms with Gasteiger partial charge in [-0.05, 0) is 260 Å². The van der Waals surface area contributed by atoms with E-state index >= 15 is 0 Å². The van der Waals surface area contributed by atoms with E-state index in [-0.39, 0.29) is 76.2 Å². The van der Waals surface area contributed by atoms with E-state index in [0.717, 1.165) is 138 Å². The lowest BCUT2D eigenvalue weighted by Crippen LogP contribution is -2.64. The van der Waals surface area contributed by atoms with E-state index in [1.807, 2.05) is 171 Å². The summed E-state index contributed by atoms with van der Waals surface area (Å²) in [7, 11) is 1.68. The number of hydrogen-bond donors (Lipinski definition) is 2. The maximum Gasteiger partial charge on any atom is 0.410 e. The molecule has 4 aliphatic carbocycles. The Morgan fingerprint density at radius 3 is 0.885 bits per heavy atom. The zero-order valence-corrected chi connectivity index (χ0v) is 81.0. The van der Waals surface area contributed by atoms with Crippen LogP contribution >= 0.6 is 61.2 Å². The minimum atomic E-state index is -0.413. The number of carbonyl (C=O) groups is 4. The number of halogens is 3. The van der Waals surface area contributed by atoms with Gasteiger partial charge in [0.05, 0.1) is 46.6 Å². The van der Waals surface area contributed by atoms with Crippen molar-refractivity contribution >= 4 is 85.6 Å². The van der Waals surface area contributed by atoms with Crippen LogP contribution in [-0.2, 0) is 23.7 Å². The van der Waals surface area contributed by atoms with E-state index in [1.54, 1.807) is 7.11 Å². The number of unbranched alkanes of at least 4 members (excludes halogenated alkanes) is 1. The van der Waals surface area contributed by atoms with Crippen LogP contribution in [-0.4, -0.2) is 182 Å². The lowest BCUT2D eigenvalue weighted by Gasteiger charge is -2.58. The van der Waals surface area contributed by atoms with Crippen molar-refractivity contribution in [3.05, 3.63) is 86.3 Å². The average molecular weight is 1930 g/mol. The van der Waals surface area contributed by atoms with Crippen molar-refractivity contribution in [1.29, 1.82) is 0 Å². The van der Waals surface area contributed by atoms with Crippen LogP contribution in [0.2, 0.25) is 0 Å². The molecule has 4 saturated heterocycles. The van der Waals surface area contributed by atoms with Gasteiger partial charge in [-0.25, -0.2) is 19.2 Å². The molecule has 0 aromatic carbocycles. The number of rotatable bonds is 5. The first-order valence-corrected chi connectivity index (χ1v) is 46.4. The molecular weight excluding hydrogens is 1770 g/mol. The first-order valence-electron chi connectivity index (χ1n) is 40.1. The average Bonchev–Trinajstić information content (AvgIpc) is 1.72. The SMILES string of the molecule is C.C.C.CC.CC1CC2(C1)CN(C(=O)OC(C)(C)C)C2.CCC.CCCC.CCOC.Cc1cc(C)[nH]n1.Cc1cc(C)n(C2CC3(C2)CN(C(=O)OC(C)(C)C)C3)n1.Cc1cc(C)n(C2CC3(C2)CN(C(=O)OC(C)(C)C)C3)n1.Cc1n[nH]c(C)c1C.Cc1nn(C2CC3(C2)CN(C(=O)OC(C)(C)C)C3)c(C)c1C.I.II. The van der Waals surface area contributed by atoms with Gasteiger partial charge in [-0.2, -0.15) is 25.5 Å². The molecule has 4 saturated carbocycles. The fourth-order valence-corrected chi connectivity index (χ4v) is 15.0. The monoisotopic (exact) mass is 1930 g/mol. The van der Waals surface area contributed by atoms with Crippen molar-refractivity contribution in [2.45, 2.75) is 355 Å². The van der Waals surface area contributed by atoms with Gasteiger partial charge in [0, 0.05) is 153 Å². The van der Waals surface area contributed by atoms with Gasteiger partial charge in [0.15, 0.2) is 0 Å². The van der Waals surface area contributed by atoms with Crippen LogP contribution in [0.25, 0.3) is 0 Å². The van der Waals surface area contributed by atoms with Crippen molar-refractivity contribution < 1.29 is 42.9 Å². The van der Waals surface area contributed by atoms with Gasteiger partial charge in [0.1, 0.15) is 22.4 Å². The highest BCUT2D eigenvalue weighted by molar-refractivity contribution is 15.0. The fraction of sp³-hybridized carbons (Fsp3) is 0.782. The van der Waals surface area contributed by atoms with E-state index in [1.165, 1.54) is 66.0 Å². The van der Waals surface area contributed by atoms with Crippen LogP contribution in [0.3, 0.4) is 0 Å². The second-order valence-electron chi connectivity index (χ2n) is 36.1. The zero-order chi connectivity index (χ0) is 83.3. The van der Waals surface area contributed by atoms with Crippen molar-refractivity contribution in [3.8, 4) is 0 Å². The summed E-state index contributed by atoms with van der Waals surface area (Å²) in [5, 5.41) is 27.4. The van der Waals surface area contributed by atoms with E-state index in [9.17, 15) is 19.2 Å². The van der Waals surface area contributed by atoms with Crippen LogP contribution in [0.15, 0.2) is 18.2 Å². The summed E-state index contributed by atoms with van der Waals surface area (Å²) in [5.74, 6) is 0.853. The van der Waals surface area contributed by atoms with Gasteiger partial charge >= 0.3 is 24.4 Å². The molecule has 0 radical (unpaired) electrons. The largest absolute Gasteiger partial charge is 0.444 e. The number of likely N-dealkylation sites (tertiary alicyclic amines) is 4. The van der Waals surface area contributed by atoms with Crippen molar-refractivity contribution in [3.63, 3.8) is 0 Å². The first-order chi connectivity index (χ1) is 50.5. The minimum Gasteiger partial charge on any atom is -0.444 e. The van der Waals surface area contributed by atoms with Gasteiger partial charge in [-0.1, -0.05) is 90.0 Å². The molecule has 4 aliphatic heterocycles. The highest BCUT2D eigenvalue weighted by Gasteiger charge is 2.58. The van der Waals surface area contributed by atoms with Gasteiger partial charge in [0.2, 0.25) is 0 Å². The smallest absolute Gasteiger partial charge is 0.410 e. The van der Waals surface area contributed by atoms with Crippen LogP contribution in [0.4, 0.5) is 19.2 Å². The molecule has 113 heavy (non-hydrogen) atoms. The maximum absolute atomic E-state index is 12.0. The molecule has 4 amide bonds. The number of H-pyrrole nitrogens is 2. The standard InChI is InChI=1S/C17H27N3O2.2C16H25N3O2.C12H21NO2.C6H10N2.C5H8N2.C4H10.C3H8O.C3H8.C2H6.3CH4.I2.HI/c1-11-12(2)18-20(13(11)3)14-7-17(8-14)9-19(10-17)15(21)22-16(4,5)6;2*1-11-6-12(2)19(17-11)13-7-16(8-13)9-18(10-16)14(20)21-15(3,4)5;1-9-5-12(6-9)7-13(8-12)10(14)15-11(2,3)4;1-4-5(2)7-8-6(4)3;1-4-3-5(2)7-6-4;2*1-3-4-2;1-3-2;1-2;;;;1-2;/h14H,7-10H2,1-6H3;2*6,13H,7-10H2,1-5H3;9H,5-8H2,1-4H3;1-3H3,(H,7,8);3H,1-2H3,(H,6,7);3-4H2,1-2H3;3H2,1-2H3;3H2,1-2H3;1-2H3;3*1H4;;1H. The summed E-state index contributed by atoms with van der Waals surface area (Å²) in [6, 6.07) is 7.74. The van der Waals surface area contributed by atoms with E-state index in [4.69, 9.17) is 18.9 Å². The van der Waals surface area contributed by atoms with Gasteiger partial charge in [-0.3, -0.25) is 24.2 Å². The van der Waals surface area contributed by atoms with Crippen LogP contribution in [0, 0.1) is 111 Å². The zero-order valence-electron chi connectivity index (χ0n) is 74.4. The molecule has 0 atom stereocenters. The van der Waals surface area contributed by atoms with Crippen LogP contribution in [0.1, 0.15) is 318 Å². The third kappa shape index (κ3) is 33.9. The Labute approximate surface area is 727 Å². The molecule has 8 fully saturated rings. The van der Waals surface area contributed by atoms with Gasteiger partial charge in [-0.15, -0.1) is 24.0 Å². The third-order valence-corrected chi connectivity index (χ3v) is 20.3. The van der Waals surface area contributed by atoms with Gasteiger partial charge in [0.25, 0.3) is 0 Å².